The van der Waals surface area contributed by atoms with Crippen LogP contribution in [0, 0.1) is 5.92 Å². The van der Waals surface area contributed by atoms with E-state index in [0.29, 0.717) is 24.4 Å². The zero-order valence-corrected chi connectivity index (χ0v) is 14.3. The Bertz CT molecular complexity index is 533. The van der Waals surface area contributed by atoms with Crippen LogP contribution in [0.3, 0.4) is 0 Å². The highest BCUT2D eigenvalue weighted by atomic mass is 19.4. The number of halogens is 3. The third-order valence-electron chi connectivity index (χ3n) is 3.89. The molecule has 1 aromatic carbocycles. The number of benzene rings is 1. The van der Waals surface area contributed by atoms with Gasteiger partial charge < -0.3 is 15.4 Å². The van der Waals surface area contributed by atoms with Gasteiger partial charge in [0, 0.05) is 26.1 Å². The molecule has 24 heavy (non-hydrogen) atoms. The minimum atomic E-state index is -4.75. The second kappa shape index (κ2) is 8.92. The monoisotopic (exact) mass is 346 g/mol. The van der Waals surface area contributed by atoms with E-state index in [1.54, 1.807) is 18.0 Å². The lowest BCUT2D eigenvalue weighted by Crippen LogP contribution is -2.34. The second-order valence-electron chi connectivity index (χ2n) is 6.17. The molecule has 0 radical (unpaired) electrons. The first kappa shape index (κ1) is 20.3. The van der Waals surface area contributed by atoms with Crippen molar-refractivity contribution >= 4 is 5.91 Å². The zero-order valence-electron chi connectivity index (χ0n) is 14.3. The molecule has 1 rings (SSSR count). The van der Waals surface area contributed by atoms with E-state index < -0.39 is 6.36 Å². The number of carbonyl (C=O) groups is 1. The number of ether oxygens (including phenoxy) is 1. The van der Waals surface area contributed by atoms with Gasteiger partial charge in [0.05, 0.1) is 0 Å². The Morgan fingerprint density at radius 2 is 1.92 bits per heavy atom. The molecular formula is C17H25F3N2O2. The van der Waals surface area contributed by atoms with E-state index in [4.69, 9.17) is 5.73 Å². The molecule has 0 bridgehead atoms. The Labute approximate surface area is 140 Å². The van der Waals surface area contributed by atoms with Crippen LogP contribution in [-0.4, -0.2) is 36.8 Å². The van der Waals surface area contributed by atoms with Gasteiger partial charge in [-0.3, -0.25) is 4.79 Å². The lowest BCUT2D eigenvalue weighted by atomic mass is 10.0. The van der Waals surface area contributed by atoms with Gasteiger partial charge in [0.2, 0.25) is 5.91 Å². The highest BCUT2D eigenvalue weighted by Crippen LogP contribution is 2.27. The van der Waals surface area contributed by atoms with E-state index >= 15 is 0 Å². The molecule has 0 aliphatic heterocycles. The van der Waals surface area contributed by atoms with Crippen LogP contribution >= 0.6 is 0 Å². The summed E-state index contributed by atoms with van der Waals surface area (Å²) in [7, 11) is 1.67. The largest absolute Gasteiger partial charge is 0.573 e. The molecule has 0 heterocycles. The second-order valence-corrected chi connectivity index (χ2v) is 6.17. The third kappa shape index (κ3) is 7.21. The number of nitrogens with two attached hydrogens (primary N) is 1. The van der Waals surface area contributed by atoms with Crippen molar-refractivity contribution < 1.29 is 22.7 Å². The molecule has 1 unspecified atom stereocenters. The van der Waals surface area contributed by atoms with Crippen LogP contribution in [0.5, 0.6) is 5.75 Å². The average molecular weight is 346 g/mol. The first-order chi connectivity index (χ1) is 11.1. The number of aryl methyl sites for hydroxylation is 1. The topological polar surface area (TPSA) is 55.6 Å². The fraction of sp³-hybridized carbons (Fsp3) is 0.588. The fourth-order valence-corrected chi connectivity index (χ4v) is 2.17. The molecule has 0 saturated heterocycles. The van der Waals surface area contributed by atoms with Crippen molar-refractivity contribution in [3.63, 3.8) is 0 Å². The Balaban J connectivity index is 2.55. The molecule has 4 nitrogen and oxygen atoms in total. The van der Waals surface area contributed by atoms with Gasteiger partial charge in [-0.2, -0.15) is 0 Å². The number of hydrogen-bond acceptors (Lipinski definition) is 3. The summed E-state index contributed by atoms with van der Waals surface area (Å²) in [4.78, 5) is 13.7. The van der Waals surface area contributed by atoms with E-state index in [1.807, 2.05) is 13.8 Å². The van der Waals surface area contributed by atoms with E-state index in [9.17, 15) is 18.0 Å². The zero-order chi connectivity index (χ0) is 18.3. The number of amides is 1. The number of nitrogens with zero attached hydrogens (tertiary/aromatic N) is 1. The Morgan fingerprint density at radius 1 is 1.29 bits per heavy atom. The molecule has 1 amide bonds. The average Bonchev–Trinajstić information content (AvgIpc) is 2.49. The Morgan fingerprint density at radius 3 is 2.50 bits per heavy atom. The molecular weight excluding hydrogens is 321 g/mol. The van der Waals surface area contributed by atoms with Gasteiger partial charge in [0.15, 0.2) is 0 Å². The summed E-state index contributed by atoms with van der Waals surface area (Å²) in [6, 6.07) is 5.88. The van der Waals surface area contributed by atoms with Gasteiger partial charge in [-0.15, -0.1) is 13.2 Å². The predicted molar refractivity (Wildman–Crippen MR) is 86.5 cm³/mol. The molecule has 0 aromatic heterocycles. The molecule has 1 aromatic rings. The number of alkyl halides is 3. The molecule has 1 atom stereocenters. The van der Waals surface area contributed by atoms with Gasteiger partial charge in [-0.25, -0.2) is 0 Å². The lowest BCUT2D eigenvalue weighted by Gasteiger charge is -2.22. The number of hydrogen-bond donors (Lipinski definition) is 1. The fourth-order valence-electron chi connectivity index (χ4n) is 2.17. The molecule has 0 aliphatic carbocycles. The number of rotatable bonds is 8. The molecule has 0 spiro atoms. The van der Waals surface area contributed by atoms with Gasteiger partial charge >= 0.3 is 6.36 Å². The smallest absolute Gasteiger partial charge is 0.406 e. The summed E-state index contributed by atoms with van der Waals surface area (Å²) < 4.78 is 41.1. The highest BCUT2D eigenvalue weighted by Gasteiger charge is 2.32. The molecule has 0 saturated carbocycles. The van der Waals surface area contributed by atoms with Crippen molar-refractivity contribution in [1.82, 2.24) is 4.90 Å². The maximum atomic E-state index is 12.4. The summed E-state index contributed by atoms with van der Waals surface area (Å²) in [6.45, 7) is 4.56. The molecule has 2 N–H and O–H groups in total. The quantitative estimate of drug-likeness (QED) is 0.785. The van der Waals surface area contributed by atoms with Crippen molar-refractivity contribution in [3.05, 3.63) is 29.8 Å². The van der Waals surface area contributed by atoms with E-state index in [-0.39, 0.29) is 30.5 Å². The summed E-state index contributed by atoms with van der Waals surface area (Å²) in [5.41, 5.74) is 6.30. The summed E-state index contributed by atoms with van der Waals surface area (Å²) >= 11 is 0. The van der Waals surface area contributed by atoms with Crippen molar-refractivity contribution in [2.45, 2.75) is 45.5 Å². The third-order valence-corrected chi connectivity index (χ3v) is 3.89. The molecule has 7 heteroatoms. The normalized spacial score (nSPS) is 13.0. The van der Waals surface area contributed by atoms with E-state index in [0.717, 1.165) is 0 Å². The van der Waals surface area contributed by atoms with Crippen LogP contribution in [0.2, 0.25) is 0 Å². The highest BCUT2D eigenvalue weighted by molar-refractivity contribution is 5.76. The minimum Gasteiger partial charge on any atom is -0.406 e. The number of carbonyl (C=O) groups excluding carboxylic acids is 1. The van der Waals surface area contributed by atoms with Gasteiger partial charge in [0.25, 0.3) is 0 Å². The maximum absolute atomic E-state index is 12.4. The summed E-state index contributed by atoms with van der Waals surface area (Å²) in [6.07, 6.45) is -3.76. The molecule has 0 aliphatic rings. The number of para-hydroxylation sites is 1. The lowest BCUT2D eigenvalue weighted by molar-refractivity contribution is -0.274. The van der Waals surface area contributed by atoms with Gasteiger partial charge in [0.1, 0.15) is 5.75 Å². The van der Waals surface area contributed by atoms with Crippen LogP contribution in [0.25, 0.3) is 0 Å². The summed E-state index contributed by atoms with van der Waals surface area (Å²) in [5, 5.41) is 0. The predicted octanol–water partition coefficient (Wildman–Crippen LogP) is 3.35. The first-order valence-corrected chi connectivity index (χ1v) is 7.93. The standard InChI is InChI=1S/C17H25F3N2O2/c1-12(2)14(21)10-11-22(3)16(23)9-8-13-6-4-5-7-15(13)24-17(18,19)20/h4-7,12,14H,8-11,21H2,1-3H3. The minimum absolute atomic E-state index is 0.0150. The Kier molecular flexibility index (Phi) is 7.54. The van der Waals surface area contributed by atoms with Crippen molar-refractivity contribution in [2.75, 3.05) is 13.6 Å². The van der Waals surface area contributed by atoms with Gasteiger partial charge in [-0.1, -0.05) is 32.0 Å². The SMILES string of the molecule is CC(C)C(N)CCN(C)C(=O)CCc1ccccc1OC(F)(F)F. The maximum Gasteiger partial charge on any atom is 0.573 e. The van der Waals surface area contributed by atoms with E-state index in [2.05, 4.69) is 4.74 Å². The molecule has 136 valence electrons. The van der Waals surface area contributed by atoms with Gasteiger partial charge in [-0.05, 0) is 30.4 Å². The van der Waals surface area contributed by atoms with E-state index in [1.165, 1.54) is 18.2 Å². The van der Waals surface area contributed by atoms with Crippen LogP contribution < -0.4 is 10.5 Å². The van der Waals surface area contributed by atoms with Crippen LogP contribution in [-0.2, 0) is 11.2 Å². The van der Waals surface area contributed by atoms with Crippen molar-refractivity contribution in [2.24, 2.45) is 11.7 Å². The van der Waals surface area contributed by atoms with Crippen molar-refractivity contribution in [1.29, 1.82) is 0 Å². The summed E-state index contributed by atoms with van der Waals surface area (Å²) in [5.74, 6) is -0.0602. The van der Waals surface area contributed by atoms with Crippen molar-refractivity contribution in [3.8, 4) is 5.75 Å². The van der Waals surface area contributed by atoms with Crippen LogP contribution in [0.15, 0.2) is 24.3 Å². The first-order valence-electron chi connectivity index (χ1n) is 7.93. The molecule has 0 fully saturated rings. The van der Waals surface area contributed by atoms with Crippen LogP contribution in [0.4, 0.5) is 13.2 Å². The van der Waals surface area contributed by atoms with Crippen LogP contribution in [0.1, 0.15) is 32.3 Å². The Hall–Kier alpha value is -1.76.